The third kappa shape index (κ3) is 4.58. The molecule has 0 saturated carbocycles. The minimum atomic E-state index is -0.338. The van der Waals surface area contributed by atoms with Crippen LogP contribution < -0.4 is 4.74 Å². The van der Waals surface area contributed by atoms with Gasteiger partial charge in [-0.2, -0.15) is 0 Å². The number of aromatic nitrogens is 1. The number of nitrogens with zero attached hydrogens (tertiary/aromatic N) is 1. The zero-order valence-corrected chi connectivity index (χ0v) is 17.8. The summed E-state index contributed by atoms with van der Waals surface area (Å²) in [5.74, 6) is 0.518. The molecule has 4 rings (SSSR count). The van der Waals surface area contributed by atoms with E-state index in [1.807, 2.05) is 72.8 Å². The Bertz CT molecular complexity index is 1200. The molecule has 0 unspecified atom stereocenters. The largest absolute Gasteiger partial charge is 0.488 e. The molecule has 1 heterocycles. The lowest BCUT2D eigenvalue weighted by Crippen LogP contribution is -2.03. The number of benzene rings is 3. The van der Waals surface area contributed by atoms with E-state index in [1.54, 1.807) is 6.07 Å². The third-order valence-electron chi connectivity index (χ3n) is 5.23. The number of para-hydroxylation sites is 1. The summed E-state index contributed by atoms with van der Waals surface area (Å²) in [5.41, 5.74) is 5.43. The van der Waals surface area contributed by atoms with Crippen molar-refractivity contribution in [3.8, 4) is 16.9 Å². The Hall–Kier alpha value is -3.66. The van der Waals surface area contributed by atoms with Crippen LogP contribution in [0, 0.1) is 0 Å². The van der Waals surface area contributed by atoms with Crippen molar-refractivity contribution in [2.24, 2.45) is 0 Å². The molecule has 4 nitrogen and oxygen atoms in total. The number of esters is 1. The molecule has 0 atom stereocenters. The lowest BCUT2D eigenvalue weighted by atomic mass is 9.99. The maximum atomic E-state index is 12.1. The molecule has 0 saturated heterocycles. The van der Waals surface area contributed by atoms with Crippen LogP contribution in [0.3, 0.4) is 0 Å². The van der Waals surface area contributed by atoms with Crippen LogP contribution in [0.1, 0.15) is 35.0 Å². The summed E-state index contributed by atoms with van der Waals surface area (Å²) in [6.45, 7) is 2.61. The molecule has 0 aliphatic heterocycles. The van der Waals surface area contributed by atoms with Gasteiger partial charge in [-0.05, 0) is 41.3 Å². The van der Waals surface area contributed by atoms with Gasteiger partial charge in [-0.25, -0.2) is 4.79 Å². The van der Waals surface area contributed by atoms with Crippen molar-refractivity contribution in [1.29, 1.82) is 0 Å². The number of carbonyl (C=O) groups excluding carboxylic acids is 1. The number of pyridine rings is 1. The summed E-state index contributed by atoms with van der Waals surface area (Å²) >= 11 is 0. The first-order chi connectivity index (χ1) is 15.2. The Kier molecular flexibility index (Phi) is 6.27. The molecule has 4 heteroatoms. The topological polar surface area (TPSA) is 48.4 Å². The van der Waals surface area contributed by atoms with Crippen LogP contribution in [-0.4, -0.2) is 18.1 Å². The van der Waals surface area contributed by atoms with Crippen LogP contribution in [0.4, 0.5) is 0 Å². The van der Waals surface area contributed by atoms with E-state index < -0.39 is 0 Å². The van der Waals surface area contributed by atoms with E-state index in [0.717, 1.165) is 51.9 Å². The lowest BCUT2D eigenvalue weighted by molar-refractivity contribution is 0.0601. The van der Waals surface area contributed by atoms with Gasteiger partial charge in [-0.15, -0.1) is 0 Å². The highest BCUT2D eigenvalue weighted by Crippen LogP contribution is 2.28. The summed E-state index contributed by atoms with van der Waals surface area (Å²) in [4.78, 5) is 16.8. The molecule has 156 valence electrons. The number of hydrogen-bond acceptors (Lipinski definition) is 4. The van der Waals surface area contributed by atoms with Crippen LogP contribution in [-0.2, 0) is 17.8 Å². The van der Waals surface area contributed by atoms with E-state index in [0.29, 0.717) is 12.2 Å². The van der Waals surface area contributed by atoms with Crippen LogP contribution in [0.2, 0.25) is 0 Å². The molecule has 0 fully saturated rings. The lowest BCUT2D eigenvalue weighted by Gasteiger charge is -2.12. The van der Waals surface area contributed by atoms with Crippen molar-refractivity contribution in [2.45, 2.75) is 26.4 Å². The van der Waals surface area contributed by atoms with Gasteiger partial charge in [-0.1, -0.05) is 67.9 Å². The quantitative estimate of drug-likeness (QED) is 0.339. The van der Waals surface area contributed by atoms with E-state index in [4.69, 9.17) is 14.5 Å². The van der Waals surface area contributed by atoms with Crippen LogP contribution in [0.5, 0.6) is 5.75 Å². The Morgan fingerprint density at radius 1 is 0.935 bits per heavy atom. The Labute approximate surface area is 182 Å². The second kappa shape index (κ2) is 9.43. The summed E-state index contributed by atoms with van der Waals surface area (Å²) < 4.78 is 11.1. The first-order valence-corrected chi connectivity index (χ1v) is 10.5. The second-order valence-electron chi connectivity index (χ2n) is 7.40. The van der Waals surface area contributed by atoms with Crippen LogP contribution >= 0.6 is 0 Å². The zero-order chi connectivity index (χ0) is 21.6. The molecule has 31 heavy (non-hydrogen) atoms. The van der Waals surface area contributed by atoms with Gasteiger partial charge >= 0.3 is 5.97 Å². The highest BCUT2D eigenvalue weighted by atomic mass is 16.5. The molecule has 0 N–H and O–H groups in total. The van der Waals surface area contributed by atoms with E-state index >= 15 is 0 Å². The van der Waals surface area contributed by atoms with Crippen LogP contribution in [0.15, 0.2) is 78.9 Å². The van der Waals surface area contributed by atoms with Gasteiger partial charge in [0.15, 0.2) is 0 Å². The Morgan fingerprint density at radius 3 is 2.45 bits per heavy atom. The molecule has 1 aromatic heterocycles. The molecule has 0 radical (unpaired) electrons. The van der Waals surface area contributed by atoms with Crippen molar-refractivity contribution in [3.05, 3.63) is 95.7 Å². The molecule has 3 aromatic carbocycles. The number of ether oxygens (including phenoxy) is 2. The Morgan fingerprint density at radius 2 is 1.68 bits per heavy atom. The average Bonchev–Trinajstić information content (AvgIpc) is 2.82. The zero-order valence-electron chi connectivity index (χ0n) is 17.8. The number of methoxy groups -OCH3 is 1. The first kappa shape index (κ1) is 20.6. The van der Waals surface area contributed by atoms with Gasteiger partial charge in [-0.3, -0.25) is 4.98 Å². The third-order valence-corrected chi connectivity index (χ3v) is 5.23. The van der Waals surface area contributed by atoms with E-state index in [9.17, 15) is 4.79 Å². The number of rotatable bonds is 7. The van der Waals surface area contributed by atoms with Crippen molar-refractivity contribution in [2.75, 3.05) is 7.11 Å². The molecule has 4 aromatic rings. The maximum Gasteiger partial charge on any atom is 0.338 e. The van der Waals surface area contributed by atoms with E-state index in [-0.39, 0.29) is 5.97 Å². The SMILES string of the molecule is CCCc1cc(OCc2ccc(-c3ccccc3C(=O)OC)cc2)c2ccccc2n1. The number of aryl methyl sites for hydroxylation is 1. The summed E-state index contributed by atoms with van der Waals surface area (Å²) in [6.07, 6.45) is 1.97. The van der Waals surface area contributed by atoms with Crippen molar-refractivity contribution >= 4 is 16.9 Å². The summed E-state index contributed by atoms with van der Waals surface area (Å²) in [7, 11) is 1.40. The van der Waals surface area contributed by atoms with Gasteiger partial charge in [0.05, 0.1) is 18.2 Å². The second-order valence-corrected chi connectivity index (χ2v) is 7.40. The molecule has 0 bridgehead atoms. The molecular formula is C27H25NO3. The molecule has 0 spiro atoms. The standard InChI is InChI=1S/C27H25NO3/c1-3-8-21-17-26(24-11-6-7-12-25(24)28-21)31-18-19-13-15-20(16-14-19)22-9-4-5-10-23(22)27(29)30-2/h4-7,9-17H,3,8,18H2,1-2H3. The average molecular weight is 412 g/mol. The summed E-state index contributed by atoms with van der Waals surface area (Å²) in [6, 6.07) is 25.6. The number of carbonyl (C=O) groups is 1. The number of fused-ring (bicyclic) bond motifs is 1. The highest BCUT2D eigenvalue weighted by molar-refractivity contribution is 5.97. The van der Waals surface area contributed by atoms with Crippen LogP contribution in [0.25, 0.3) is 22.0 Å². The van der Waals surface area contributed by atoms with Gasteiger partial charge in [0.1, 0.15) is 12.4 Å². The fraction of sp³-hybridized carbons (Fsp3) is 0.185. The monoisotopic (exact) mass is 411 g/mol. The van der Waals surface area contributed by atoms with E-state index in [1.165, 1.54) is 7.11 Å². The van der Waals surface area contributed by atoms with Crippen molar-refractivity contribution in [3.63, 3.8) is 0 Å². The van der Waals surface area contributed by atoms with Gasteiger partial charge < -0.3 is 9.47 Å². The van der Waals surface area contributed by atoms with Gasteiger partial charge in [0, 0.05) is 17.1 Å². The normalized spacial score (nSPS) is 10.8. The number of hydrogen-bond donors (Lipinski definition) is 0. The molecule has 0 aliphatic carbocycles. The molecular weight excluding hydrogens is 386 g/mol. The fourth-order valence-electron chi connectivity index (χ4n) is 3.66. The van der Waals surface area contributed by atoms with Crippen molar-refractivity contribution < 1.29 is 14.3 Å². The minimum Gasteiger partial charge on any atom is -0.488 e. The predicted molar refractivity (Wildman–Crippen MR) is 123 cm³/mol. The molecule has 0 aliphatic rings. The molecule has 0 amide bonds. The van der Waals surface area contributed by atoms with Crippen molar-refractivity contribution in [1.82, 2.24) is 4.98 Å². The smallest absolute Gasteiger partial charge is 0.338 e. The Balaban J connectivity index is 1.56. The van der Waals surface area contributed by atoms with Gasteiger partial charge in [0.2, 0.25) is 0 Å². The highest BCUT2D eigenvalue weighted by Gasteiger charge is 2.12. The minimum absolute atomic E-state index is 0.338. The maximum absolute atomic E-state index is 12.1. The van der Waals surface area contributed by atoms with Gasteiger partial charge in [0.25, 0.3) is 0 Å². The predicted octanol–water partition coefficient (Wildman–Crippen LogP) is 6.22. The van der Waals surface area contributed by atoms with E-state index in [2.05, 4.69) is 6.92 Å². The first-order valence-electron chi connectivity index (χ1n) is 10.5. The summed E-state index contributed by atoms with van der Waals surface area (Å²) in [5, 5.41) is 1.02. The fourth-order valence-corrected chi connectivity index (χ4v) is 3.66.